The molecular formula is C17H17ClN6O2S. The number of carbonyl (C=O) groups is 1. The van der Waals surface area contributed by atoms with Gasteiger partial charge in [-0.05, 0) is 18.9 Å². The van der Waals surface area contributed by atoms with Gasteiger partial charge >= 0.3 is 5.69 Å². The molecule has 1 aliphatic heterocycles. The molecule has 0 spiro atoms. The van der Waals surface area contributed by atoms with Gasteiger partial charge in [-0.2, -0.15) is 5.10 Å². The van der Waals surface area contributed by atoms with Crippen molar-refractivity contribution >= 4 is 34.0 Å². The van der Waals surface area contributed by atoms with Gasteiger partial charge in [-0.3, -0.25) is 14.7 Å². The van der Waals surface area contributed by atoms with E-state index in [1.807, 2.05) is 18.2 Å². The topological polar surface area (TPSA) is 94.7 Å². The number of carbonyl (C=O) groups excluding carboxylic acids is 1. The molecule has 0 fully saturated rings. The Bertz CT molecular complexity index is 1040. The summed E-state index contributed by atoms with van der Waals surface area (Å²) in [4.78, 5) is 24.7. The molecule has 0 bridgehead atoms. The molecule has 0 unspecified atom stereocenters. The number of benzene rings is 1. The van der Waals surface area contributed by atoms with Crippen LogP contribution in [0.1, 0.15) is 25.1 Å². The first-order chi connectivity index (χ1) is 13.1. The Balaban J connectivity index is 1.46. The number of anilines is 1. The van der Waals surface area contributed by atoms with Crippen molar-refractivity contribution in [3.63, 3.8) is 0 Å². The van der Waals surface area contributed by atoms with Crippen LogP contribution in [0.2, 0.25) is 5.02 Å². The summed E-state index contributed by atoms with van der Waals surface area (Å²) in [5.41, 5.74) is 0.516. The molecule has 10 heteroatoms. The number of nitrogens with zero attached hydrogens (tertiary/aromatic N) is 5. The van der Waals surface area contributed by atoms with Crippen molar-refractivity contribution in [1.82, 2.24) is 24.5 Å². The Morgan fingerprint density at radius 2 is 2.07 bits per heavy atom. The molecule has 3 heterocycles. The van der Waals surface area contributed by atoms with Gasteiger partial charge in [0, 0.05) is 18.5 Å². The first kappa shape index (κ1) is 17.9. The van der Waals surface area contributed by atoms with Crippen LogP contribution < -0.4 is 11.0 Å². The van der Waals surface area contributed by atoms with E-state index in [4.69, 9.17) is 11.6 Å². The number of hydrogen-bond donors (Lipinski definition) is 1. The van der Waals surface area contributed by atoms with Crippen molar-refractivity contribution in [2.75, 3.05) is 5.32 Å². The van der Waals surface area contributed by atoms with Gasteiger partial charge in [0.15, 0.2) is 5.01 Å². The average Bonchev–Trinajstić information content (AvgIpc) is 3.12. The molecule has 140 valence electrons. The summed E-state index contributed by atoms with van der Waals surface area (Å²) in [5, 5.41) is 16.6. The summed E-state index contributed by atoms with van der Waals surface area (Å²) in [5.74, 6) is 0.384. The maximum absolute atomic E-state index is 12.4. The molecule has 3 aromatic rings. The van der Waals surface area contributed by atoms with Crippen LogP contribution in [-0.2, 0) is 24.3 Å². The van der Waals surface area contributed by atoms with Crippen molar-refractivity contribution in [1.29, 1.82) is 0 Å². The molecule has 4 rings (SSSR count). The van der Waals surface area contributed by atoms with E-state index in [1.165, 1.54) is 16.0 Å². The number of aromatic nitrogens is 5. The van der Waals surface area contributed by atoms with Crippen molar-refractivity contribution in [3.8, 4) is 10.6 Å². The Kier molecular flexibility index (Phi) is 5.04. The molecule has 0 saturated carbocycles. The molecule has 8 nitrogen and oxygen atoms in total. The molecular weight excluding hydrogens is 388 g/mol. The number of halogens is 1. The van der Waals surface area contributed by atoms with Crippen molar-refractivity contribution < 1.29 is 4.79 Å². The number of aryl methyl sites for hydroxylation is 1. The standard InChI is InChI=1S/C17H17ClN6O2S/c18-12-7-4-3-6-11(12)15-20-21-16(27-15)19-14(25)10-24-17(26)23-9-5-1-2-8-13(23)22-24/h3-4,6-7H,1-2,5,8-10H2,(H,19,21,25). The van der Waals surface area contributed by atoms with Crippen LogP contribution in [0.25, 0.3) is 10.6 Å². The predicted octanol–water partition coefficient (Wildman–Crippen LogP) is 2.58. The lowest BCUT2D eigenvalue weighted by molar-refractivity contribution is -0.117. The van der Waals surface area contributed by atoms with Crippen LogP contribution in [0.4, 0.5) is 5.13 Å². The highest BCUT2D eigenvalue weighted by Gasteiger charge is 2.18. The van der Waals surface area contributed by atoms with E-state index in [0.29, 0.717) is 21.7 Å². The summed E-state index contributed by atoms with van der Waals surface area (Å²) in [6.07, 6.45) is 3.83. The summed E-state index contributed by atoms with van der Waals surface area (Å²) >= 11 is 7.38. The minimum absolute atomic E-state index is 0.153. The van der Waals surface area contributed by atoms with E-state index in [-0.39, 0.29) is 18.1 Å². The Morgan fingerprint density at radius 3 is 2.93 bits per heavy atom. The van der Waals surface area contributed by atoms with Gasteiger partial charge in [-0.1, -0.05) is 47.6 Å². The second-order valence-electron chi connectivity index (χ2n) is 6.26. The van der Waals surface area contributed by atoms with E-state index >= 15 is 0 Å². The molecule has 0 aliphatic carbocycles. The fourth-order valence-corrected chi connectivity index (χ4v) is 4.12. The first-order valence-corrected chi connectivity index (χ1v) is 9.86. The van der Waals surface area contributed by atoms with Crippen molar-refractivity contribution in [3.05, 3.63) is 45.6 Å². The molecule has 2 aromatic heterocycles. The Hall–Kier alpha value is -2.52. The van der Waals surface area contributed by atoms with Crippen LogP contribution in [0.15, 0.2) is 29.1 Å². The summed E-state index contributed by atoms with van der Waals surface area (Å²) < 4.78 is 2.88. The third-order valence-electron chi connectivity index (χ3n) is 4.35. The maximum Gasteiger partial charge on any atom is 0.346 e. The monoisotopic (exact) mass is 404 g/mol. The number of rotatable bonds is 4. The average molecular weight is 405 g/mol. The Morgan fingerprint density at radius 1 is 1.22 bits per heavy atom. The summed E-state index contributed by atoms with van der Waals surface area (Å²) in [7, 11) is 0. The lowest BCUT2D eigenvalue weighted by Gasteiger charge is -2.01. The predicted molar refractivity (Wildman–Crippen MR) is 103 cm³/mol. The quantitative estimate of drug-likeness (QED) is 0.721. The fourth-order valence-electron chi connectivity index (χ4n) is 3.04. The van der Waals surface area contributed by atoms with E-state index in [1.54, 1.807) is 10.6 Å². The second kappa shape index (κ2) is 7.61. The van der Waals surface area contributed by atoms with Crippen LogP contribution in [0, 0.1) is 0 Å². The van der Waals surface area contributed by atoms with E-state index < -0.39 is 0 Å². The van der Waals surface area contributed by atoms with Crippen LogP contribution in [0.5, 0.6) is 0 Å². The molecule has 0 atom stereocenters. The molecule has 1 N–H and O–H groups in total. The largest absolute Gasteiger partial charge is 0.346 e. The lowest BCUT2D eigenvalue weighted by Crippen LogP contribution is -2.30. The van der Waals surface area contributed by atoms with Crippen LogP contribution in [-0.4, -0.2) is 30.5 Å². The third kappa shape index (κ3) is 3.79. The fraction of sp³-hybridized carbons (Fsp3) is 0.353. The molecule has 0 saturated heterocycles. The van der Waals surface area contributed by atoms with Gasteiger partial charge < -0.3 is 0 Å². The third-order valence-corrected chi connectivity index (χ3v) is 5.55. The highest BCUT2D eigenvalue weighted by atomic mass is 35.5. The van der Waals surface area contributed by atoms with Gasteiger partial charge in [0.1, 0.15) is 12.4 Å². The normalized spacial score (nSPS) is 13.8. The molecule has 1 aliphatic rings. The van der Waals surface area contributed by atoms with Gasteiger partial charge in [0.2, 0.25) is 11.0 Å². The van der Waals surface area contributed by atoms with Crippen LogP contribution in [0.3, 0.4) is 0 Å². The zero-order chi connectivity index (χ0) is 18.8. The first-order valence-electron chi connectivity index (χ1n) is 8.66. The highest BCUT2D eigenvalue weighted by Crippen LogP contribution is 2.31. The molecule has 0 radical (unpaired) electrons. The molecule has 1 aromatic carbocycles. The van der Waals surface area contributed by atoms with Crippen LogP contribution >= 0.6 is 22.9 Å². The van der Waals surface area contributed by atoms with E-state index in [0.717, 1.165) is 37.1 Å². The van der Waals surface area contributed by atoms with Gasteiger partial charge in [-0.25, -0.2) is 9.48 Å². The molecule has 27 heavy (non-hydrogen) atoms. The number of nitrogens with one attached hydrogen (secondary N) is 1. The number of fused-ring (bicyclic) bond motifs is 1. The zero-order valence-electron chi connectivity index (χ0n) is 14.4. The number of amides is 1. The highest BCUT2D eigenvalue weighted by molar-refractivity contribution is 7.18. The zero-order valence-corrected chi connectivity index (χ0v) is 16.0. The summed E-state index contributed by atoms with van der Waals surface area (Å²) in [6.45, 7) is 0.507. The lowest BCUT2D eigenvalue weighted by atomic mass is 10.2. The number of hydrogen-bond acceptors (Lipinski definition) is 6. The summed E-state index contributed by atoms with van der Waals surface area (Å²) in [6, 6.07) is 7.30. The van der Waals surface area contributed by atoms with Gasteiger partial charge in [-0.15, -0.1) is 10.2 Å². The minimum atomic E-state index is -0.368. The van der Waals surface area contributed by atoms with Gasteiger partial charge in [0.05, 0.1) is 5.02 Å². The van der Waals surface area contributed by atoms with E-state index in [2.05, 4.69) is 20.6 Å². The van der Waals surface area contributed by atoms with E-state index in [9.17, 15) is 9.59 Å². The van der Waals surface area contributed by atoms with Crippen molar-refractivity contribution in [2.24, 2.45) is 0 Å². The SMILES string of the molecule is O=C(Cn1nc2n(c1=O)CCCCC2)Nc1nnc(-c2ccccc2Cl)s1. The second-order valence-corrected chi connectivity index (χ2v) is 7.64. The smallest absolute Gasteiger partial charge is 0.299 e. The molecule has 1 amide bonds. The van der Waals surface area contributed by atoms with Gasteiger partial charge in [0.25, 0.3) is 0 Å². The minimum Gasteiger partial charge on any atom is -0.299 e. The van der Waals surface area contributed by atoms with Crippen molar-refractivity contribution in [2.45, 2.75) is 38.8 Å². The maximum atomic E-state index is 12.4. The Labute approximate surface area is 163 Å².